The standard InChI is InChI=1S/4Ca.2K.2H3O4P.8H/c;;;;;;2*1-5(2,3)4;;;;;;;;/h;;;;;;2*(H3,1,2,3,4);;;;;;;;/q;;;;2*+1;;;;;;;;;;/p-2. The van der Waals surface area contributed by atoms with E-state index in [9.17, 15) is 0 Å². The molecule has 0 rings (SSSR count). The van der Waals surface area contributed by atoms with Gasteiger partial charge in [-0.25, -0.2) is 4.57 Å². The third-order valence-electron chi connectivity index (χ3n) is 0. The molecule has 8 nitrogen and oxygen atoms in total. The number of hydrogen-bond acceptors (Lipinski definition) is 5. The SMILES string of the molecule is O=P(O)(O)O.O=P([O-])([O-])[O-].[CaH2].[CaH2].[CaH2].[CaH2].[H+].[K+].[K+]. The number of rotatable bonds is 0. The molecule has 0 heterocycles. The van der Waals surface area contributed by atoms with Gasteiger partial charge in [0.05, 0.1) is 0 Å². The van der Waals surface area contributed by atoms with Gasteiger partial charge in [-0.05, 0) is 0 Å². The summed E-state index contributed by atoms with van der Waals surface area (Å²) in [5.74, 6) is 0. The van der Waals surface area contributed by atoms with E-state index < -0.39 is 15.6 Å². The summed E-state index contributed by atoms with van der Waals surface area (Å²) < 4.78 is 17.4. The molecule has 16 heavy (non-hydrogen) atoms. The maximum atomic E-state index is 8.88. The van der Waals surface area contributed by atoms with Crippen LogP contribution in [0, 0.1) is 0 Å². The van der Waals surface area contributed by atoms with E-state index in [2.05, 4.69) is 0 Å². The normalized spacial score (nSPS) is 7.38. The summed E-state index contributed by atoms with van der Waals surface area (Å²) in [5, 5.41) is 0. The van der Waals surface area contributed by atoms with Crippen LogP contribution < -0.4 is 117 Å². The second kappa shape index (κ2) is 28.3. The van der Waals surface area contributed by atoms with Gasteiger partial charge in [-0.3, -0.25) is 0 Å². The Morgan fingerprint density at radius 1 is 0.750 bits per heavy atom. The van der Waals surface area contributed by atoms with Gasteiger partial charge in [0.15, 0.2) is 0 Å². The molecule has 0 spiro atoms. The average molecular weight is 441 g/mol. The molecule has 0 aromatic heterocycles. The first-order valence-corrected chi connectivity index (χ1v) is 4.54. The van der Waals surface area contributed by atoms with Crippen LogP contribution in [0.2, 0.25) is 0 Å². The van der Waals surface area contributed by atoms with Crippen molar-refractivity contribution < 1.29 is 143 Å². The molecule has 0 unspecified atom stereocenters. The van der Waals surface area contributed by atoms with Crippen molar-refractivity contribution in [3.8, 4) is 0 Å². The van der Waals surface area contributed by atoms with E-state index >= 15 is 0 Å². The van der Waals surface area contributed by atoms with Crippen LogP contribution in [-0.2, 0) is 9.13 Å². The Bertz CT molecular complexity index is 146. The largest absolute Gasteiger partial charge is 1.00 e. The molecule has 0 radical (unpaired) electrons. The van der Waals surface area contributed by atoms with Gasteiger partial charge in [-0.1, -0.05) is 0 Å². The van der Waals surface area contributed by atoms with Gasteiger partial charge >= 0.3 is 263 Å². The Labute approximate surface area is 299 Å². The molecule has 3 N–H and O–H groups in total. The van der Waals surface area contributed by atoms with Gasteiger partial charge in [0.25, 0.3) is 0 Å². The van der Waals surface area contributed by atoms with Crippen molar-refractivity contribution in [3.63, 3.8) is 0 Å². The number of phosphoric acid groups is 2. The Morgan fingerprint density at radius 3 is 0.750 bits per heavy atom. The van der Waals surface area contributed by atoms with Crippen molar-refractivity contribution in [2.45, 2.75) is 0 Å². The van der Waals surface area contributed by atoms with Crippen molar-refractivity contribution in [1.82, 2.24) is 0 Å². The van der Waals surface area contributed by atoms with Crippen LogP contribution in [0.1, 0.15) is 1.43 Å². The summed E-state index contributed by atoms with van der Waals surface area (Å²) >= 11 is 0. The van der Waals surface area contributed by atoms with E-state index in [4.69, 9.17) is 38.5 Å². The van der Waals surface area contributed by atoms with Crippen molar-refractivity contribution in [1.29, 1.82) is 0 Å². The molecule has 80 valence electrons. The molecule has 0 bridgehead atoms. The third kappa shape index (κ3) is 144. The Balaban J connectivity index is -0.00000000762. The van der Waals surface area contributed by atoms with Gasteiger partial charge < -0.3 is 33.9 Å². The molecule has 0 atom stereocenters. The van der Waals surface area contributed by atoms with Crippen LogP contribution in [0.5, 0.6) is 0 Å². The number of hydrogen-bond donors (Lipinski definition) is 3. The van der Waals surface area contributed by atoms with Crippen molar-refractivity contribution in [3.05, 3.63) is 0 Å². The molecule has 0 saturated heterocycles. The fourth-order valence-corrected chi connectivity index (χ4v) is 0. The minimum Gasteiger partial charge on any atom is 1.00 e. The summed E-state index contributed by atoms with van der Waals surface area (Å²) in [6.45, 7) is 0. The first-order valence-electron chi connectivity index (χ1n) is 1.51. The van der Waals surface area contributed by atoms with Crippen molar-refractivity contribution in [2.24, 2.45) is 0 Å². The van der Waals surface area contributed by atoms with Crippen molar-refractivity contribution in [2.75, 3.05) is 0 Å². The third-order valence-corrected chi connectivity index (χ3v) is 0. The molecule has 0 amide bonds. The fourth-order valence-electron chi connectivity index (χ4n) is 0. The maximum absolute atomic E-state index is 8.88. The van der Waals surface area contributed by atoms with E-state index in [-0.39, 0.29) is 255 Å². The Kier molecular flexibility index (Phi) is 88.0. The fraction of sp³-hybridized carbons (Fsp3) is 0. The van der Waals surface area contributed by atoms with Gasteiger partial charge in [-0.2, -0.15) is 7.82 Å². The molecular formula is H12Ca4K2O8P2. The summed E-state index contributed by atoms with van der Waals surface area (Å²) in [7, 11) is -10.0. The zero-order valence-electron chi connectivity index (χ0n) is 7.28. The van der Waals surface area contributed by atoms with Crippen LogP contribution in [0.3, 0.4) is 0 Å². The minimum absolute atomic E-state index is 0. The first kappa shape index (κ1) is 49.7. The zero-order valence-corrected chi connectivity index (χ0v) is 14.3. The van der Waals surface area contributed by atoms with Crippen molar-refractivity contribution >= 4 is 167 Å². The van der Waals surface area contributed by atoms with Crippen LogP contribution in [-0.4, -0.2) is 166 Å². The molecule has 0 aliphatic heterocycles. The van der Waals surface area contributed by atoms with Gasteiger partial charge in [0.1, 0.15) is 0 Å². The Hall–Kier alpha value is 8.53. The maximum Gasteiger partial charge on any atom is 1.00 e. The predicted octanol–water partition coefficient (Wildman–Crippen LogP) is -13.3. The van der Waals surface area contributed by atoms with Crippen LogP contribution in [0.25, 0.3) is 0 Å². The molecule has 0 fully saturated rings. The van der Waals surface area contributed by atoms with E-state index in [1.54, 1.807) is 0 Å². The van der Waals surface area contributed by atoms with Crippen LogP contribution >= 0.6 is 15.6 Å². The summed E-state index contributed by atoms with van der Waals surface area (Å²) in [6, 6.07) is 0. The van der Waals surface area contributed by atoms with Gasteiger partial charge in [0, 0.05) is 0 Å². The molecule has 0 aromatic rings. The molecule has 0 aliphatic rings. The minimum atomic E-state index is -5.39. The summed E-state index contributed by atoms with van der Waals surface area (Å²) in [6.07, 6.45) is 0. The van der Waals surface area contributed by atoms with E-state index in [0.717, 1.165) is 0 Å². The molecule has 0 saturated carbocycles. The first-order chi connectivity index (χ1) is 4.00. The molecular weight excluding hydrogens is 428 g/mol. The van der Waals surface area contributed by atoms with E-state index in [1.807, 2.05) is 0 Å². The monoisotopic (exact) mass is 440 g/mol. The smallest absolute Gasteiger partial charge is 1.00 e. The summed E-state index contributed by atoms with van der Waals surface area (Å²) in [4.78, 5) is 47.2. The van der Waals surface area contributed by atoms with Crippen LogP contribution in [0.15, 0.2) is 0 Å². The second-order valence-electron chi connectivity index (χ2n) is 0.960. The van der Waals surface area contributed by atoms with Crippen LogP contribution in [0.4, 0.5) is 0 Å². The molecule has 0 aliphatic carbocycles. The van der Waals surface area contributed by atoms with Gasteiger partial charge in [-0.15, -0.1) is 0 Å². The van der Waals surface area contributed by atoms with E-state index in [0.29, 0.717) is 0 Å². The average Bonchev–Trinajstić information content (AvgIpc) is 1.12. The topological polar surface area (TPSA) is 164 Å². The predicted molar refractivity (Wildman–Crippen MR) is 57.2 cm³/mol. The Morgan fingerprint density at radius 2 is 0.750 bits per heavy atom. The van der Waals surface area contributed by atoms with Gasteiger partial charge in [0.2, 0.25) is 0 Å². The molecule has 16 heteroatoms. The second-order valence-corrected chi connectivity index (χ2v) is 2.88. The summed E-state index contributed by atoms with van der Waals surface area (Å²) in [5.41, 5.74) is 0. The molecule has 0 aromatic carbocycles. The zero-order chi connectivity index (χ0) is 9.00. The quantitative estimate of drug-likeness (QED) is 0.247. The van der Waals surface area contributed by atoms with E-state index in [1.165, 1.54) is 0 Å².